The van der Waals surface area contributed by atoms with Gasteiger partial charge in [-0.05, 0) is 45.4 Å². The molecule has 1 aliphatic carbocycles. The lowest BCUT2D eigenvalue weighted by atomic mass is 9.87. The van der Waals surface area contributed by atoms with Crippen LogP contribution in [0.25, 0.3) is 0 Å². The van der Waals surface area contributed by atoms with E-state index in [1.54, 1.807) is 0 Å². The van der Waals surface area contributed by atoms with Gasteiger partial charge in [0.25, 0.3) is 0 Å². The first-order chi connectivity index (χ1) is 9.67. The van der Waals surface area contributed by atoms with Crippen LogP contribution in [-0.2, 0) is 6.54 Å². The van der Waals surface area contributed by atoms with Crippen LogP contribution in [0.1, 0.15) is 51.2 Å². The van der Waals surface area contributed by atoms with Crippen molar-refractivity contribution in [1.29, 1.82) is 0 Å². The van der Waals surface area contributed by atoms with Crippen molar-refractivity contribution in [3.8, 4) is 0 Å². The highest BCUT2D eigenvalue weighted by atomic mass is 16.5. The molecule has 0 bridgehead atoms. The number of nitrogens with one attached hydrogen (secondary N) is 2. The van der Waals surface area contributed by atoms with Crippen molar-refractivity contribution in [2.45, 2.75) is 59.0 Å². The van der Waals surface area contributed by atoms with Gasteiger partial charge < -0.3 is 15.2 Å². The Morgan fingerprint density at radius 3 is 2.70 bits per heavy atom. The molecule has 1 aliphatic rings. The number of hydrogen-bond acceptors (Lipinski definition) is 4. The summed E-state index contributed by atoms with van der Waals surface area (Å²) < 4.78 is 5.07. The molecule has 1 fully saturated rings. The molecular weight excluding hydrogens is 254 g/mol. The fourth-order valence-corrected chi connectivity index (χ4v) is 2.47. The molecule has 0 aromatic carbocycles. The molecule has 0 saturated heterocycles. The molecule has 0 spiro atoms. The van der Waals surface area contributed by atoms with Crippen LogP contribution in [0.3, 0.4) is 0 Å². The Labute approximate surface area is 120 Å². The van der Waals surface area contributed by atoms with Gasteiger partial charge in [0, 0.05) is 12.6 Å². The van der Waals surface area contributed by atoms with E-state index in [0.717, 1.165) is 18.4 Å². The summed E-state index contributed by atoms with van der Waals surface area (Å²) in [7, 11) is 0. The zero-order valence-electron chi connectivity index (χ0n) is 12.6. The third-order valence-corrected chi connectivity index (χ3v) is 3.64. The maximum Gasteiger partial charge on any atom is 0.248 e. The first-order valence-electron chi connectivity index (χ1n) is 7.51. The zero-order chi connectivity index (χ0) is 14.4. The van der Waals surface area contributed by atoms with Gasteiger partial charge in [0.2, 0.25) is 5.89 Å². The van der Waals surface area contributed by atoms with E-state index < -0.39 is 0 Å². The van der Waals surface area contributed by atoms with E-state index in [0.29, 0.717) is 24.3 Å². The number of aliphatic imine (C=N–C) groups is 1. The largest absolute Gasteiger partial charge is 0.357 e. The molecule has 1 aromatic rings. The van der Waals surface area contributed by atoms with Crippen molar-refractivity contribution in [3.05, 3.63) is 11.7 Å². The van der Waals surface area contributed by atoms with Crippen LogP contribution in [0, 0.1) is 12.8 Å². The van der Waals surface area contributed by atoms with Crippen molar-refractivity contribution < 1.29 is 4.52 Å². The average Bonchev–Trinajstić information content (AvgIpc) is 2.85. The molecule has 1 saturated carbocycles. The van der Waals surface area contributed by atoms with Crippen molar-refractivity contribution in [3.63, 3.8) is 0 Å². The van der Waals surface area contributed by atoms with Gasteiger partial charge >= 0.3 is 0 Å². The molecule has 0 radical (unpaired) electrons. The Morgan fingerprint density at radius 1 is 1.35 bits per heavy atom. The second-order valence-electron chi connectivity index (χ2n) is 5.53. The van der Waals surface area contributed by atoms with Crippen LogP contribution in [-0.4, -0.2) is 28.7 Å². The van der Waals surface area contributed by atoms with Crippen molar-refractivity contribution in [1.82, 2.24) is 20.8 Å². The maximum atomic E-state index is 5.07. The molecular formula is C14H25N5O. The Bertz CT molecular complexity index is 435. The number of guanidine groups is 1. The second kappa shape index (κ2) is 7.26. The third kappa shape index (κ3) is 4.51. The molecule has 6 heteroatoms. The molecule has 0 aliphatic heterocycles. The molecule has 0 amide bonds. The fraction of sp³-hybridized carbons (Fsp3) is 0.786. The van der Waals surface area contributed by atoms with E-state index in [1.807, 2.05) is 6.92 Å². The minimum Gasteiger partial charge on any atom is -0.357 e. The van der Waals surface area contributed by atoms with Crippen LogP contribution in [0.5, 0.6) is 0 Å². The fourth-order valence-electron chi connectivity index (χ4n) is 2.47. The summed E-state index contributed by atoms with van der Waals surface area (Å²) in [5.41, 5.74) is 0. The highest BCUT2D eigenvalue weighted by Gasteiger charge is 2.18. The number of hydrogen-bond donors (Lipinski definition) is 2. The minimum absolute atomic E-state index is 0.416. The summed E-state index contributed by atoms with van der Waals surface area (Å²) >= 11 is 0. The van der Waals surface area contributed by atoms with Gasteiger partial charge in [-0.2, -0.15) is 4.98 Å². The van der Waals surface area contributed by atoms with Crippen molar-refractivity contribution in [2.24, 2.45) is 10.9 Å². The van der Waals surface area contributed by atoms with Crippen molar-refractivity contribution >= 4 is 5.96 Å². The highest BCUT2D eigenvalue weighted by Crippen LogP contribution is 2.23. The van der Waals surface area contributed by atoms with Gasteiger partial charge in [-0.3, -0.25) is 0 Å². The normalized spacial score (nSPS) is 23.6. The molecule has 6 nitrogen and oxygen atoms in total. The maximum absolute atomic E-state index is 5.07. The molecule has 2 N–H and O–H groups in total. The zero-order valence-corrected chi connectivity index (χ0v) is 12.6. The molecule has 2 rings (SSSR count). The van der Waals surface area contributed by atoms with Crippen LogP contribution in [0.15, 0.2) is 9.52 Å². The van der Waals surface area contributed by atoms with E-state index in [1.165, 1.54) is 25.7 Å². The quantitative estimate of drug-likeness (QED) is 0.651. The van der Waals surface area contributed by atoms with E-state index in [4.69, 9.17) is 4.52 Å². The van der Waals surface area contributed by atoms with Gasteiger partial charge in [0.15, 0.2) is 11.8 Å². The highest BCUT2D eigenvalue weighted by molar-refractivity contribution is 5.80. The van der Waals surface area contributed by atoms with Gasteiger partial charge in [0.05, 0.1) is 0 Å². The van der Waals surface area contributed by atoms with Crippen LogP contribution in [0.2, 0.25) is 0 Å². The smallest absolute Gasteiger partial charge is 0.248 e. The summed E-state index contributed by atoms with van der Waals surface area (Å²) in [5.74, 6) is 2.89. The van der Waals surface area contributed by atoms with Gasteiger partial charge in [-0.25, -0.2) is 4.99 Å². The monoisotopic (exact) mass is 279 g/mol. The van der Waals surface area contributed by atoms with Gasteiger partial charge in [0.1, 0.15) is 6.54 Å². The molecule has 1 heterocycles. The number of nitrogens with zero attached hydrogens (tertiary/aromatic N) is 3. The van der Waals surface area contributed by atoms with Crippen molar-refractivity contribution in [2.75, 3.05) is 6.54 Å². The first kappa shape index (κ1) is 14.8. The second-order valence-corrected chi connectivity index (χ2v) is 5.53. The van der Waals surface area contributed by atoms with E-state index >= 15 is 0 Å². The number of aryl methyl sites for hydroxylation is 1. The molecule has 1 aromatic heterocycles. The number of aromatic nitrogens is 2. The lowest BCUT2D eigenvalue weighted by molar-refractivity contribution is 0.329. The summed E-state index contributed by atoms with van der Waals surface area (Å²) in [6.45, 7) is 7.46. The Balaban J connectivity index is 1.88. The summed E-state index contributed by atoms with van der Waals surface area (Å²) in [5, 5.41) is 10.5. The predicted octanol–water partition coefficient (Wildman–Crippen LogP) is 2.01. The lowest BCUT2D eigenvalue weighted by Crippen LogP contribution is -2.44. The van der Waals surface area contributed by atoms with Crippen LogP contribution in [0.4, 0.5) is 0 Å². The van der Waals surface area contributed by atoms with E-state index in [-0.39, 0.29) is 0 Å². The first-order valence-corrected chi connectivity index (χ1v) is 7.51. The number of rotatable bonds is 4. The average molecular weight is 279 g/mol. The minimum atomic E-state index is 0.416. The van der Waals surface area contributed by atoms with E-state index in [2.05, 4.69) is 39.6 Å². The Morgan fingerprint density at radius 2 is 2.10 bits per heavy atom. The third-order valence-electron chi connectivity index (χ3n) is 3.64. The summed E-state index contributed by atoms with van der Waals surface area (Å²) in [4.78, 5) is 8.67. The van der Waals surface area contributed by atoms with Crippen LogP contribution < -0.4 is 10.6 Å². The summed E-state index contributed by atoms with van der Waals surface area (Å²) in [6.07, 6.45) is 5.01. The Hall–Kier alpha value is -1.59. The van der Waals surface area contributed by atoms with Gasteiger partial charge in [-0.1, -0.05) is 12.1 Å². The predicted molar refractivity (Wildman–Crippen MR) is 78.4 cm³/mol. The molecule has 0 atom stereocenters. The Kier molecular flexibility index (Phi) is 5.38. The molecule has 0 unspecified atom stereocenters. The standard InChI is InChI=1S/C14H25N5O/c1-4-15-14(16-9-13-17-11(3)19-20-13)18-12-7-5-10(2)6-8-12/h10,12H,4-9H2,1-3H3,(H2,15,16,18). The van der Waals surface area contributed by atoms with E-state index in [9.17, 15) is 0 Å². The molecule has 20 heavy (non-hydrogen) atoms. The SMILES string of the molecule is CCNC(=NCc1nc(C)no1)NC1CCC(C)CC1. The summed E-state index contributed by atoms with van der Waals surface area (Å²) in [6, 6.07) is 0.522. The topological polar surface area (TPSA) is 75.3 Å². The molecule has 112 valence electrons. The van der Waals surface area contributed by atoms with Gasteiger partial charge in [-0.15, -0.1) is 0 Å². The van der Waals surface area contributed by atoms with Crippen LogP contribution >= 0.6 is 0 Å². The lowest BCUT2D eigenvalue weighted by Gasteiger charge is -2.28.